The van der Waals surface area contributed by atoms with Gasteiger partial charge >= 0.3 is 0 Å². The van der Waals surface area contributed by atoms with Crippen LogP contribution in [0.4, 0.5) is 5.69 Å². The third kappa shape index (κ3) is 2.98. The minimum Gasteiger partial charge on any atom is -0.314 e. The van der Waals surface area contributed by atoms with E-state index in [-0.39, 0.29) is 10.6 Å². The summed E-state index contributed by atoms with van der Waals surface area (Å²) in [7, 11) is 0. The van der Waals surface area contributed by atoms with Crippen LogP contribution in [0.2, 0.25) is 0 Å². The van der Waals surface area contributed by atoms with Crippen LogP contribution in [0.5, 0.6) is 0 Å². The Morgan fingerprint density at radius 1 is 1.20 bits per heavy atom. The normalized spacial score (nSPS) is 21.6. The van der Waals surface area contributed by atoms with Crippen LogP contribution in [0.3, 0.4) is 0 Å². The molecule has 0 bridgehead atoms. The lowest BCUT2D eigenvalue weighted by molar-refractivity contribution is -0.384. The van der Waals surface area contributed by atoms with E-state index in [4.69, 9.17) is 0 Å². The molecule has 2 aliphatic heterocycles. The zero-order valence-corrected chi connectivity index (χ0v) is 11.5. The van der Waals surface area contributed by atoms with Crippen molar-refractivity contribution < 1.29 is 4.92 Å². The molecule has 0 radical (unpaired) electrons. The Balaban J connectivity index is 1.47. The molecule has 0 amide bonds. The predicted octanol–water partition coefficient (Wildman–Crippen LogP) is 0.684. The fourth-order valence-corrected chi connectivity index (χ4v) is 2.93. The van der Waals surface area contributed by atoms with Gasteiger partial charge in [-0.2, -0.15) is 0 Å². The number of benzene rings is 1. The van der Waals surface area contributed by atoms with Gasteiger partial charge in [0.2, 0.25) is 0 Å². The molecule has 2 fully saturated rings. The van der Waals surface area contributed by atoms with Crippen LogP contribution in [-0.4, -0.2) is 60.0 Å². The van der Waals surface area contributed by atoms with Crippen molar-refractivity contribution in [3.05, 3.63) is 39.9 Å². The number of nitrogens with zero attached hydrogens (tertiary/aromatic N) is 3. The number of nitrogens with one attached hydrogen (secondary N) is 1. The second kappa shape index (κ2) is 5.87. The summed E-state index contributed by atoms with van der Waals surface area (Å²) in [5, 5.41) is 14.0. The van der Waals surface area contributed by atoms with Crippen molar-refractivity contribution in [1.29, 1.82) is 0 Å². The first kappa shape index (κ1) is 13.5. The number of non-ortho nitro benzene ring substituents is 1. The average molecular weight is 276 g/mol. The fraction of sp³-hybridized carbons (Fsp3) is 0.571. The van der Waals surface area contributed by atoms with E-state index in [0.29, 0.717) is 6.04 Å². The second-order valence-electron chi connectivity index (χ2n) is 5.56. The average Bonchev–Trinajstić information content (AvgIpc) is 2.44. The number of rotatable bonds is 4. The number of nitro groups is 1. The maximum atomic E-state index is 10.6. The summed E-state index contributed by atoms with van der Waals surface area (Å²) < 4.78 is 0. The molecule has 0 atom stereocenters. The van der Waals surface area contributed by atoms with Crippen molar-refractivity contribution in [3.8, 4) is 0 Å². The zero-order valence-electron chi connectivity index (χ0n) is 11.5. The quantitative estimate of drug-likeness (QED) is 0.647. The molecule has 1 aromatic rings. The van der Waals surface area contributed by atoms with Crippen molar-refractivity contribution in [2.24, 2.45) is 0 Å². The van der Waals surface area contributed by atoms with Crippen LogP contribution in [0.1, 0.15) is 5.56 Å². The molecular weight excluding hydrogens is 256 g/mol. The van der Waals surface area contributed by atoms with E-state index >= 15 is 0 Å². The van der Waals surface area contributed by atoms with Gasteiger partial charge in [-0.3, -0.25) is 19.9 Å². The highest BCUT2D eigenvalue weighted by atomic mass is 16.6. The molecule has 6 heteroatoms. The van der Waals surface area contributed by atoms with Crippen molar-refractivity contribution in [2.45, 2.75) is 12.6 Å². The number of hydrogen-bond acceptors (Lipinski definition) is 5. The summed E-state index contributed by atoms with van der Waals surface area (Å²) in [5.41, 5.74) is 1.31. The van der Waals surface area contributed by atoms with E-state index in [0.717, 1.165) is 51.4 Å². The smallest absolute Gasteiger partial charge is 0.269 e. The van der Waals surface area contributed by atoms with E-state index in [9.17, 15) is 10.1 Å². The molecule has 0 aromatic heterocycles. The topological polar surface area (TPSA) is 61.7 Å². The molecule has 2 aliphatic rings. The molecular formula is C14H20N4O2. The first-order valence-electron chi connectivity index (χ1n) is 7.13. The summed E-state index contributed by atoms with van der Waals surface area (Å²) in [6.45, 7) is 7.60. The predicted molar refractivity (Wildman–Crippen MR) is 76.6 cm³/mol. The molecule has 2 saturated heterocycles. The zero-order chi connectivity index (χ0) is 13.9. The minimum atomic E-state index is -0.353. The first-order valence-corrected chi connectivity index (χ1v) is 7.13. The van der Waals surface area contributed by atoms with E-state index in [2.05, 4.69) is 15.1 Å². The summed E-state index contributed by atoms with van der Waals surface area (Å²) in [6, 6.07) is 7.58. The molecule has 1 N–H and O–H groups in total. The van der Waals surface area contributed by atoms with Crippen LogP contribution in [0.25, 0.3) is 0 Å². The Labute approximate surface area is 118 Å². The number of likely N-dealkylation sites (tertiary alicyclic amines) is 1. The Kier molecular flexibility index (Phi) is 3.95. The van der Waals surface area contributed by atoms with Gasteiger partial charge in [0, 0.05) is 64.0 Å². The Morgan fingerprint density at radius 2 is 1.85 bits per heavy atom. The summed E-state index contributed by atoms with van der Waals surface area (Å²) >= 11 is 0. The van der Waals surface area contributed by atoms with Crippen molar-refractivity contribution in [2.75, 3.05) is 39.3 Å². The Hall–Kier alpha value is -1.50. The minimum absolute atomic E-state index is 0.163. The Morgan fingerprint density at radius 3 is 2.45 bits per heavy atom. The third-order valence-corrected chi connectivity index (χ3v) is 4.16. The molecule has 108 valence electrons. The summed E-state index contributed by atoms with van der Waals surface area (Å²) in [4.78, 5) is 15.2. The molecule has 0 unspecified atom stereocenters. The SMILES string of the molecule is O=[N+]([O-])c1ccc(CN2CC(N3CCNCC3)C2)cc1. The van der Waals surface area contributed by atoms with Crippen LogP contribution in [-0.2, 0) is 6.54 Å². The van der Waals surface area contributed by atoms with E-state index in [1.165, 1.54) is 0 Å². The summed E-state index contributed by atoms with van der Waals surface area (Å²) in [6.07, 6.45) is 0. The maximum absolute atomic E-state index is 10.6. The lowest BCUT2D eigenvalue weighted by Crippen LogP contribution is -2.62. The van der Waals surface area contributed by atoms with Crippen LogP contribution in [0, 0.1) is 10.1 Å². The highest BCUT2D eigenvalue weighted by molar-refractivity contribution is 5.32. The lowest BCUT2D eigenvalue weighted by atomic mass is 10.0. The van der Waals surface area contributed by atoms with Gasteiger partial charge in [0.05, 0.1) is 4.92 Å². The molecule has 6 nitrogen and oxygen atoms in total. The second-order valence-corrected chi connectivity index (χ2v) is 5.56. The van der Waals surface area contributed by atoms with Gasteiger partial charge in [0.15, 0.2) is 0 Å². The summed E-state index contributed by atoms with van der Waals surface area (Å²) in [5.74, 6) is 0. The van der Waals surface area contributed by atoms with Crippen molar-refractivity contribution >= 4 is 5.69 Å². The number of nitro benzene ring substituents is 1. The third-order valence-electron chi connectivity index (χ3n) is 4.16. The van der Waals surface area contributed by atoms with E-state index in [1.807, 2.05) is 12.1 Å². The molecule has 20 heavy (non-hydrogen) atoms. The van der Waals surface area contributed by atoms with Gasteiger partial charge < -0.3 is 5.32 Å². The van der Waals surface area contributed by atoms with Crippen LogP contribution in [0.15, 0.2) is 24.3 Å². The molecule has 1 aromatic carbocycles. The van der Waals surface area contributed by atoms with Gasteiger partial charge in [-0.1, -0.05) is 12.1 Å². The number of piperazine rings is 1. The standard InChI is InChI=1S/C14H20N4O2/c19-18(20)13-3-1-12(2-4-13)9-16-10-14(11-16)17-7-5-15-6-8-17/h1-4,14-15H,5-11H2. The van der Waals surface area contributed by atoms with Gasteiger partial charge in [-0.25, -0.2) is 0 Å². The molecule has 0 spiro atoms. The van der Waals surface area contributed by atoms with E-state index in [1.54, 1.807) is 12.1 Å². The highest BCUT2D eigenvalue weighted by Crippen LogP contribution is 2.19. The van der Waals surface area contributed by atoms with Gasteiger partial charge in [0.1, 0.15) is 0 Å². The van der Waals surface area contributed by atoms with E-state index < -0.39 is 0 Å². The molecule has 0 saturated carbocycles. The van der Waals surface area contributed by atoms with Crippen LogP contribution < -0.4 is 5.32 Å². The largest absolute Gasteiger partial charge is 0.314 e. The highest BCUT2D eigenvalue weighted by Gasteiger charge is 2.31. The van der Waals surface area contributed by atoms with Gasteiger partial charge in [-0.05, 0) is 5.56 Å². The van der Waals surface area contributed by atoms with Gasteiger partial charge in [-0.15, -0.1) is 0 Å². The fourth-order valence-electron chi connectivity index (χ4n) is 2.93. The van der Waals surface area contributed by atoms with Crippen molar-refractivity contribution in [3.63, 3.8) is 0 Å². The lowest BCUT2D eigenvalue weighted by Gasteiger charge is -2.46. The van der Waals surface area contributed by atoms with Crippen molar-refractivity contribution in [1.82, 2.24) is 15.1 Å². The maximum Gasteiger partial charge on any atom is 0.269 e. The first-order chi connectivity index (χ1) is 9.72. The van der Waals surface area contributed by atoms with Gasteiger partial charge in [0.25, 0.3) is 5.69 Å². The monoisotopic (exact) mass is 276 g/mol. The molecule has 0 aliphatic carbocycles. The number of hydrogen-bond donors (Lipinski definition) is 1. The molecule has 2 heterocycles. The Bertz CT molecular complexity index is 465. The molecule has 3 rings (SSSR count). The van der Waals surface area contributed by atoms with Crippen LogP contribution >= 0.6 is 0 Å².